The maximum Gasteiger partial charge on any atom is 3.00 e. The summed E-state index contributed by atoms with van der Waals surface area (Å²) < 4.78 is 109. The second-order valence-electron chi connectivity index (χ2n) is 17.2. The Labute approximate surface area is 444 Å². The van der Waals surface area contributed by atoms with Gasteiger partial charge in [-0.2, -0.15) is 5.26 Å². The first-order chi connectivity index (χ1) is 37.5. The summed E-state index contributed by atoms with van der Waals surface area (Å²) in [5, 5.41) is 9.20. The van der Waals surface area contributed by atoms with E-state index in [1.807, 2.05) is 84.9 Å². The van der Waals surface area contributed by atoms with E-state index in [1.165, 1.54) is 36.4 Å². The van der Waals surface area contributed by atoms with Gasteiger partial charge in [-0.1, -0.05) is 132 Å². The Morgan fingerprint density at radius 3 is 1.55 bits per heavy atom. The van der Waals surface area contributed by atoms with Crippen molar-refractivity contribution in [2.24, 2.45) is 0 Å². The molecule has 0 unspecified atom stereocenters. The molecule has 0 aliphatic carbocycles. The van der Waals surface area contributed by atoms with Gasteiger partial charge in [-0.05, 0) is 94.7 Å². The molecule has 0 radical (unpaired) electrons. The zero-order valence-corrected chi connectivity index (χ0v) is 41.1. The van der Waals surface area contributed by atoms with Crippen molar-refractivity contribution < 1.29 is 45.9 Å². The van der Waals surface area contributed by atoms with Crippen LogP contribution in [0.3, 0.4) is 0 Å². The molecule has 0 N–H and O–H groups in total. The molecule has 0 saturated heterocycles. The first-order valence-corrected chi connectivity index (χ1v) is 23.0. The zero-order valence-electron chi connectivity index (χ0n) is 44.7. The first kappa shape index (κ1) is 42.5. The summed E-state index contributed by atoms with van der Waals surface area (Å²) >= 11 is 0. The van der Waals surface area contributed by atoms with E-state index in [9.17, 15) is 14.0 Å². The van der Waals surface area contributed by atoms with Crippen LogP contribution in [-0.4, -0.2) is 15.0 Å². The second-order valence-corrected chi connectivity index (χ2v) is 17.2. The topological polar surface area (TPSA) is 62.5 Å². The number of benzene rings is 7. The molecule has 356 valence electrons. The van der Waals surface area contributed by atoms with Gasteiger partial charge in [0.2, 0.25) is 0 Å². The van der Waals surface area contributed by atoms with E-state index in [0.717, 1.165) is 80.5 Å². The molecule has 0 spiro atoms. The SMILES string of the molecule is [2H]C([2H])([2H])c1cnc(-c2[c-]cc(-c3ccccc3-c3cc(CCc4c[c-]c(-c5ccccn5)cc4)cc(CCc4c[c-]c(-c5ccccn5)cc4)c3)c(-c3ccc(-c4c(F)c(F)c(C#N)c(F)c4F)cc3)c2)cc1C([2H])([2H])[2H].[Ir+3]. The molecule has 0 atom stereocenters. The molecule has 0 aliphatic heterocycles. The number of hydrogen-bond acceptors (Lipinski definition) is 4. The predicted octanol–water partition coefficient (Wildman–Crippen LogP) is 15.6. The van der Waals surface area contributed by atoms with Gasteiger partial charge in [-0.3, -0.25) is 0 Å². The van der Waals surface area contributed by atoms with Gasteiger partial charge in [0.15, 0.2) is 23.3 Å². The monoisotopic (exact) mass is 1140 g/mol. The first-order valence-electron chi connectivity index (χ1n) is 26.0. The Balaban J connectivity index is 0.00000757. The van der Waals surface area contributed by atoms with Gasteiger partial charge in [-0.15, -0.1) is 94.5 Å². The predicted molar refractivity (Wildman–Crippen MR) is 276 cm³/mol. The molecule has 3 aromatic heterocycles. The van der Waals surface area contributed by atoms with Crippen molar-refractivity contribution in [1.29, 1.82) is 5.26 Å². The zero-order chi connectivity index (χ0) is 54.7. The molecule has 7 aromatic carbocycles. The van der Waals surface area contributed by atoms with E-state index in [4.69, 9.17) is 8.22 Å². The van der Waals surface area contributed by atoms with E-state index in [-0.39, 0.29) is 31.4 Å². The van der Waals surface area contributed by atoms with Crippen LogP contribution in [0.25, 0.3) is 78.3 Å². The maximum absolute atomic E-state index is 15.4. The number of rotatable bonds is 13. The molecule has 73 heavy (non-hydrogen) atoms. The quantitative estimate of drug-likeness (QED) is 0.0656. The van der Waals surface area contributed by atoms with Crippen molar-refractivity contribution in [3.8, 4) is 84.3 Å². The number of nitriles is 1. The third-order valence-corrected chi connectivity index (χ3v) is 12.6. The molecule has 10 aromatic rings. The molecule has 0 fully saturated rings. The van der Waals surface area contributed by atoms with Crippen LogP contribution >= 0.6 is 0 Å². The summed E-state index contributed by atoms with van der Waals surface area (Å²) in [7, 11) is 0. The van der Waals surface area contributed by atoms with Gasteiger partial charge in [-0.25, -0.2) is 17.6 Å². The molecule has 0 amide bonds. The minimum absolute atomic E-state index is 0. The normalized spacial score (nSPS) is 12.5. The van der Waals surface area contributed by atoms with Crippen molar-refractivity contribution in [2.45, 2.75) is 39.4 Å². The third-order valence-electron chi connectivity index (χ3n) is 12.6. The average Bonchev–Trinajstić information content (AvgIpc) is 3.66. The van der Waals surface area contributed by atoms with Crippen LogP contribution in [0, 0.1) is 66.5 Å². The van der Waals surface area contributed by atoms with Gasteiger partial charge in [0, 0.05) is 26.8 Å². The van der Waals surface area contributed by atoms with Crippen LogP contribution in [0.15, 0.2) is 176 Å². The Morgan fingerprint density at radius 1 is 0.466 bits per heavy atom. The smallest absolute Gasteiger partial charge is 0.305 e. The molecule has 0 aliphatic rings. The number of hydrogen-bond donors (Lipinski definition) is 0. The molecule has 9 heteroatoms. The number of aromatic nitrogens is 3. The number of nitrogens with zero attached hydrogens (tertiary/aromatic N) is 4. The molecule has 10 rings (SSSR count). The largest absolute Gasteiger partial charge is 3.00 e. The molecule has 3 heterocycles. The van der Waals surface area contributed by atoms with E-state index < -0.39 is 59.2 Å². The summed E-state index contributed by atoms with van der Waals surface area (Å²) in [6.45, 7) is -5.58. The Hall–Kier alpha value is -8.15. The van der Waals surface area contributed by atoms with E-state index in [2.05, 4.69) is 63.5 Å². The van der Waals surface area contributed by atoms with Crippen molar-refractivity contribution in [3.63, 3.8) is 0 Å². The van der Waals surface area contributed by atoms with Crippen molar-refractivity contribution in [1.82, 2.24) is 15.0 Å². The van der Waals surface area contributed by atoms with Gasteiger partial charge in [0.1, 0.15) is 11.6 Å². The van der Waals surface area contributed by atoms with Gasteiger partial charge < -0.3 is 15.0 Å². The van der Waals surface area contributed by atoms with E-state index >= 15 is 8.78 Å². The minimum Gasteiger partial charge on any atom is -0.305 e. The van der Waals surface area contributed by atoms with Crippen molar-refractivity contribution in [2.75, 3.05) is 0 Å². The Bertz CT molecular complexity index is 3740. The van der Waals surface area contributed by atoms with Crippen molar-refractivity contribution in [3.05, 3.63) is 257 Å². The summed E-state index contributed by atoms with van der Waals surface area (Å²) in [6, 6.07) is 59.6. The van der Waals surface area contributed by atoms with Crippen LogP contribution in [0.5, 0.6) is 0 Å². The summed E-state index contributed by atoms with van der Waals surface area (Å²) in [5.74, 6) is -7.09. The van der Waals surface area contributed by atoms with Crippen LogP contribution < -0.4 is 0 Å². The average molecular weight is 1140 g/mol. The van der Waals surface area contributed by atoms with Crippen LogP contribution in [0.1, 0.15) is 47.2 Å². The van der Waals surface area contributed by atoms with Gasteiger partial charge in [0.25, 0.3) is 0 Å². The Kier molecular flexibility index (Phi) is 12.9. The van der Waals surface area contributed by atoms with Gasteiger partial charge in [0.05, 0.1) is 5.56 Å². The fraction of sp³-hybridized carbons (Fsp3) is 0.0938. The summed E-state index contributed by atoms with van der Waals surface area (Å²) in [6.07, 6.45) is 7.39. The number of pyridine rings is 3. The second kappa shape index (κ2) is 22.1. The third kappa shape index (κ3) is 10.7. The van der Waals surface area contributed by atoms with Gasteiger partial charge >= 0.3 is 20.1 Å². The molecular formula is C64H43F4IrN4. The number of halogens is 4. The van der Waals surface area contributed by atoms with E-state index in [0.29, 0.717) is 35.1 Å². The minimum atomic E-state index is -2.81. The van der Waals surface area contributed by atoms with Crippen LogP contribution in [-0.2, 0) is 45.8 Å². The van der Waals surface area contributed by atoms with Crippen LogP contribution in [0.2, 0.25) is 0 Å². The Morgan fingerprint density at radius 2 is 1.01 bits per heavy atom. The maximum atomic E-state index is 15.4. The fourth-order valence-corrected chi connectivity index (χ4v) is 8.85. The fourth-order valence-electron chi connectivity index (χ4n) is 8.85. The molecular weight excluding hydrogens is 1090 g/mol. The molecule has 0 saturated carbocycles. The van der Waals surface area contributed by atoms with Crippen LogP contribution in [0.4, 0.5) is 17.6 Å². The molecule has 0 bridgehead atoms. The molecule has 4 nitrogen and oxygen atoms in total. The standard InChI is InChI=1S/C64H43F4N4.Ir/c1-40-33-59(72-39-41(40)2)50-29-30-54(55(37-50)46-25-27-49(28-26-46)60-63(67)61(65)56(38-69)62(66)64(60)68)53-10-4-3-9-52(53)51-35-44(15-13-42-17-21-47(22-18-42)57-11-5-7-31-70-57)34-45(36-51)16-14-43-19-23-48(24-20-43)58-12-6-8-32-71-58;/h3-12,17-21,23,25-28,30-37,39H,13-16H2,1-2H3;/q-3;+3/i1D3,2D3;. The number of aryl methyl sites for hydroxylation is 6. The summed E-state index contributed by atoms with van der Waals surface area (Å²) in [5.41, 5.74) is 9.00. The van der Waals surface area contributed by atoms with Crippen molar-refractivity contribution >= 4 is 0 Å². The summed E-state index contributed by atoms with van der Waals surface area (Å²) in [4.78, 5) is 13.3. The van der Waals surface area contributed by atoms with E-state index in [1.54, 1.807) is 24.5 Å².